The van der Waals surface area contributed by atoms with Gasteiger partial charge in [-0.25, -0.2) is 4.79 Å². The van der Waals surface area contributed by atoms with Gasteiger partial charge in [-0.1, -0.05) is 30.3 Å². The van der Waals surface area contributed by atoms with Crippen LogP contribution in [0.2, 0.25) is 0 Å². The van der Waals surface area contributed by atoms with E-state index >= 15 is 0 Å². The van der Waals surface area contributed by atoms with Crippen LogP contribution in [0.15, 0.2) is 48.5 Å². The van der Waals surface area contributed by atoms with Crippen LogP contribution in [0, 0.1) is 0 Å². The van der Waals surface area contributed by atoms with Gasteiger partial charge in [0.2, 0.25) is 0 Å². The molecule has 0 spiro atoms. The highest BCUT2D eigenvalue weighted by Crippen LogP contribution is 2.43. The number of carbonyl (C=O) groups is 1. The molecular weight excluding hydrogens is 450 g/mol. The van der Waals surface area contributed by atoms with Gasteiger partial charge in [0.15, 0.2) is 0 Å². The van der Waals surface area contributed by atoms with Crippen LogP contribution in [-0.2, 0) is 23.7 Å². The minimum atomic E-state index is -4.93. The summed E-state index contributed by atoms with van der Waals surface area (Å²) >= 11 is 0. The van der Waals surface area contributed by atoms with E-state index in [-0.39, 0.29) is 11.6 Å². The minimum Gasteiger partial charge on any atom is -0.373 e. The van der Waals surface area contributed by atoms with Crippen molar-refractivity contribution < 1.29 is 35.9 Å². The van der Waals surface area contributed by atoms with Gasteiger partial charge in [0.1, 0.15) is 0 Å². The molecule has 1 aliphatic rings. The second-order valence-electron chi connectivity index (χ2n) is 8.45. The molecule has 3 N–H and O–H groups in total. The Hall–Kier alpha value is -2.75. The predicted molar refractivity (Wildman–Crippen MR) is 109 cm³/mol. The molecule has 3 atom stereocenters. The van der Waals surface area contributed by atoms with Crippen LogP contribution >= 0.6 is 0 Å². The summed E-state index contributed by atoms with van der Waals surface area (Å²) in [6, 6.07) is 9.76. The number of primary amides is 1. The first-order chi connectivity index (χ1) is 15.3. The maximum absolute atomic E-state index is 13.2. The number of urea groups is 1. The molecule has 0 heterocycles. The number of nitrogens with one attached hydrogen (secondary N) is 1. The van der Waals surface area contributed by atoms with E-state index in [4.69, 9.17) is 10.5 Å². The standard InChI is InChI=1S/C23H24F6N2O2/c1-21(31-20(30)32)9-5-8-18(19(21)15-6-3-2-4-7-15)33-13-14-10-16(22(24,25)26)12-17(11-14)23(27,28)29/h2-4,6-7,10-12,18-19H,5,8-9,13H2,1H3,(H3,30,31,32). The highest BCUT2D eigenvalue weighted by atomic mass is 19.4. The lowest BCUT2D eigenvalue weighted by molar-refractivity contribution is -0.143. The lowest BCUT2D eigenvalue weighted by Gasteiger charge is -2.46. The van der Waals surface area contributed by atoms with Gasteiger partial charge in [0.25, 0.3) is 0 Å². The van der Waals surface area contributed by atoms with Crippen molar-refractivity contribution in [2.75, 3.05) is 0 Å². The SMILES string of the molecule is CC1(NC(N)=O)CCCC(OCc2cc(C(F)(F)F)cc(C(F)(F)F)c2)C1c1ccccc1. The zero-order valence-corrected chi connectivity index (χ0v) is 17.8. The van der Waals surface area contributed by atoms with Crippen molar-refractivity contribution in [1.29, 1.82) is 0 Å². The Morgan fingerprint density at radius 2 is 1.64 bits per heavy atom. The Balaban J connectivity index is 1.92. The largest absolute Gasteiger partial charge is 0.416 e. The lowest BCUT2D eigenvalue weighted by atomic mass is 9.69. The van der Waals surface area contributed by atoms with E-state index in [1.165, 1.54) is 0 Å². The Bertz CT molecular complexity index is 945. The van der Waals surface area contributed by atoms with Gasteiger partial charge in [-0.05, 0) is 55.5 Å². The molecule has 1 aliphatic carbocycles. The summed E-state index contributed by atoms with van der Waals surface area (Å²) in [6.07, 6.45) is -8.71. The molecule has 0 aliphatic heterocycles. The summed E-state index contributed by atoms with van der Waals surface area (Å²) in [4.78, 5) is 11.7. The van der Waals surface area contributed by atoms with Crippen LogP contribution in [0.25, 0.3) is 0 Å². The fourth-order valence-electron chi connectivity index (χ4n) is 4.55. The van der Waals surface area contributed by atoms with Crippen molar-refractivity contribution >= 4 is 6.03 Å². The molecule has 4 nitrogen and oxygen atoms in total. The first-order valence-corrected chi connectivity index (χ1v) is 10.3. The van der Waals surface area contributed by atoms with Crippen LogP contribution in [-0.4, -0.2) is 17.7 Å². The maximum atomic E-state index is 13.2. The van der Waals surface area contributed by atoms with Gasteiger partial charge in [-0.3, -0.25) is 0 Å². The maximum Gasteiger partial charge on any atom is 0.416 e. The van der Waals surface area contributed by atoms with E-state index in [1.807, 2.05) is 18.2 Å². The zero-order chi connectivity index (χ0) is 24.4. The monoisotopic (exact) mass is 474 g/mol. The molecule has 0 radical (unpaired) electrons. The number of carbonyl (C=O) groups excluding carboxylic acids is 1. The number of halogens is 6. The van der Waals surface area contributed by atoms with Crippen molar-refractivity contribution in [2.45, 2.75) is 62.7 Å². The lowest BCUT2D eigenvalue weighted by Crippen LogP contribution is -2.57. The van der Waals surface area contributed by atoms with E-state index in [0.29, 0.717) is 31.4 Å². The highest BCUT2D eigenvalue weighted by Gasteiger charge is 2.45. The predicted octanol–water partition coefficient (Wildman–Crippen LogP) is 6.00. The van der Waals surface area contributed by atoms with Gasteiger partial charge in [-0.2, -0.15) is 26.3 Å². The number of ether oxygens (including phenoxy) is 1. The van der Waals surface area contributed by atoms with Gasteiger partial charge in [0.05, 0.1) is 23.8 Å². The summed E-state index contributed by atoms with van der Waals surface area (Å²) in [6.45, 7) is 1.35. The average Bonchev–Trinajstić information content (AvgIpc) is 2.70. The smallest absolute Gasteiger partial charge is 0.373 e. The molecule has 1 fully saturated rings. The molecule has 33 heavy (non-hydrogen) atoms. The normalized spacial score (nSPS) is 23.8. The number of alkyl halides is 6. The fraction of sp³-hybridized carbons (Fsp3) is 0.435. The minimum absolute atomic E-state index is 0.0880. The molecular formula is C23H24F6N2O2. The molecule has 3 rings (SSSR count). The van der Waals surface area contributed by atoms with Crippen molar-refractivity contribution in [3.05, 3.63) is 70.8 Å². The number of nitrogens with two attached hydrogens (primary N) is 1. The molecule has 2 aromatic carbocycles. The summed E-state index contributed by atoms with van der Waals surface area (Å²) in [5.74, 6) is -0.409. The third kappa shape index (κ3) is 5.98. The topological polar surface area (TPSA) is 64.3 Å². The van der Waals surface area contributed by atoms with E-state index in [1.54, 1.807) is 19.1 Å². The second kappa shape index (κ2) is 9.24. The van der Waals surface area contributed by atoms with Gasteiger partial charge in [0, 0.05) is 11.5 Å². The average molecular weight is 474 g/mol. The van der Waals surface area contributed by atoms with Gasteiger partial charge >= 0.3 is 18.4 Å². The first kappa shape index (κ1) is 24.9. The van der Waals surface area contributed by atoms with Crippen LogP contribution in [0.4, 0.5) is 31.1 Å². The van der Waals surface area contributed by atoms with Crippen molar-refractivity contribution in [3.8, 4) is 0 Å². The summed E-state index contributed by atoms with van der Waals surface area (Å²) < 4.78 is 85.0. The van der Waals surface area contributed by atoms with Crippen LogP contribution < -0.4 is 11.1 Å². The van der Waals surface area contributed by atoms with Crippen LogP contribution in [0.5, 0.6) is 0 Å². The van der Waals surface area contributed by atoms with E-state index in [2.05, 4.69) is 5.32 Å². The molecule has 0 saturated heterocycles. The van der Waals surface area contributed by atoms with Crippen molar-refractivity contribution in [2.24, 2.45) is 5.73 Å². The fourth-order valence-corrected chi connectivity index (χ4v) is 4.55. The number of rotatable bonds is 5. The third-order valence-corrected chi connectivity index (χ3v) is 5.92. The van der Waals surface area contributed by atoms with Crippen molar-refractivity contribution in [1.82, 2.24) is 5.32 Å². The summed E-state index contributed by atoms with van der Waals surface area (Å²) in [5.41, 5.74) is 2.37. The van der Waals surface area contributed by atoms with Gasteiger partial charge < -0.3 is 15.8 Å². The van der Waals surface area contributed by atoms with E-state index in [0.717, 1.165) is 5.56 Å². The van der Waals surface area contributed by atoms with Crippen LogP contribution in [0.3, 0.4) is 0 Å². The molecule has 2 aromatic rings. The Kier molecular flexibility index (Phi) is 6.97. The van der Waals surface area contributed by atoms with Crippen molar-refractivity contribution in [3.63, 3.8) is 0 Å². The molecule has 180 valence electrons. The summed E-state index contributed by atoms with van der Waals surface area (Å²) in [7, 11) is 0. The zero-order valence-electron chi connectivity index (χ0n) is 17.8. The first-order valence-electron chi connectivity index (χ1n) is 10.3. The Labute approximate surface area is 187 Å². The number of hydrogen-bond donors (Lipinski definition) is 2. The van der Waals surface area contributed by atoms with Gasteiger partial charge in [-0.15, -0.1) is 0 Å². The Morgan fingerprint density at radius 3 is 2.15 bits per heavy atom. The highest BCUT2D eigenvalue weighted by molar-refractivity contribution is 5.72. The number of hydrogen-bond acceptors (Lipinski definition) is 2. The molecule has 1 saturated carbocycles. The second-order valence-corrected chi connectivity index (χ2v) is 8.45. The number of amides is 2. The third-order valence-electron chi connectivity index (χ3n) is 5.92. The summed E-state index contributed by atoms with van der Waals surface area (Å²) in [5, 5.41) is 2.75. The molecule has 10 heteroatoms. The molecule has 2 amide bonds. The molecule has 0 aromatic heterocycles. The quantitative estimate of drug-likeness (QED) is 0.522. The number of benzene rings is 2. The van der Waals surface area contributed by atoms with E-state index < -0.39 is 53.7 Å². The van der Waals surface area contributed by atoms with E-state index in [9.17, 15) is 31.1 Å². The van der Waals surface area contributed by atoms with Crippen LogP contribution in [0.1, 0.15) is 54.4 Å². The Morgan fingerprint density at radius 1 is 1.06 bits per heavy atom. The molecule has 3 unspecified atom stereocenters. The molecule has 0 bridgehead atoms.